The summed E-state index contributed by atoms with van der Waals surface area (Å²) < 4.78 is 0. The van der Waals surface area contributed by atoms with Crippen molar-refractivity contribution < 1.29 is 9.59 Å². The molecule has 0 aromatic heterocycles. The Labute approximate surface area is 119 Å². The molecule has 0 aliphatic carbocycles. The van der Waals surface area contributed by atoms with Gasteiger partial charge in [0, 0.05) is 24.0 Å². The van der Waals surface area contributed by atoms with Crippen LogP contribution >= 0.6 is 0 Å². The number of amides is 3. The van der Waals surface area contributed by atoms with Crippen LogP contribution in [0.5, 0.6) is 0 Å². The average molecular weight is 278 g/mol. The summed E-state index contributed by atoms with van der Waals surface area (Å²) >= 11 is 0. The van der Waals surface area contributed by atoms with E-state index in [0.29, 0.717) is 17.9 Å². The van der Waals surface area contributed by atoms with Crippen LogP contribution in [-0.4, -0.2) is 24.5 Å². The first-order valence-electron chi connectivity index (χ1n) is 6.65. The Morgan fingerprint density at radius 3 is 2.35 bits per heavy atom. The lowest BCUT2D eigenvalue weighted by Gasteiger charge is -2.15. The highest BCUT2D eigenvalue weighted by atomic mass is 16.2. The van der Waals surface area contributed by atoms with Crippen molar-refractivity contribution in [2.24, 2.45) is 11.7 Å². The molecule has 2 atom stereocenters. The summed E-state index contributed by atoms with van der Waals surface area (Å²) in [5.74, 6) is -0.426. The summed E-state index contributed by atoms with van der Waals surface area (Å²) in [5, 5.41) is 8.09. The Kier molecular flexibility index (Phi) is 5.99. The van der Waals surface area contributed by atoms with E-state index in [-0.39, 0.29) is 23.9 Å². The van der Waals surface area contributed by atoms with Gasteiger partial charge in [0.15, 0.2) is 0 Å². The van der Waals surface area contributed by atoms with E-state index in [1.165, 1.54) is 0 Å². The second-order valence-electron chi connectivity index (χ2n) is 4.70. The van der Waals surface area contributed by atoms with Gasteiger partial charge < -0.3 is 21.7 Å². The molecular weight excluding hydrogens is 256 g/mol. The molecule has 1 aromatic carbocycles. The van der Waals surface area contributed by atoms with Crippen LogP contribution in [0, 0.1) is 5.92 Å². The molecule has 0 spiro atoms. The normalized spacial score (nSPS) is 13.2. The molecule has 0 aliphatic rings. The summed E-state index contributed by atoms with van der Waals surface area (Å²) in [6.45, 7) is 5.95. The highest BCUT2D eigenvalue weighted by molar-refractivity contribution is 5.94. The van der Waals surface area contributed by atoms with Gasteiger partial charge in [0.05, 0.1) is 5.92 Å². The predicted octanol–water partition coefficient (Wildman–Crippen LogP) is 1.75. The van der Waals surface area contributed by atoms with Gasteiger partial charge in [0.2, 0.25) is 5.91 Å². The zero-order valence-corrected chi connectivity index (χ0v) is 12.1. The van der Waals surface area contributed by atoms with Crippen molar-refractivity contribution in [1.29, 1.82) is 0 Å². The molecule has 6 heteroatoms. The lowest BCUT2D eigenvalue weighted by Crippen LogP contribution is -2.34. The van der Waals surface area contributed by atoms with Crippen LogP contribution in [0.2, 0.25) is 0 Å². The molecule has 0 bridgehead atoms. The predicted molar refractivity (Wildman–Crippen MR) is 80.6 cm³/mol. The molecule has 5 N–H and O–H groups in total. The topological polar surface area (TPSA) is 96.2 Å². The van der Waals surface area contributed by atoms with Crippen LogP contribution in [0.25, 0.3) is 0 Å². The van der Waals surface area contributed by atoms with Gasteiger partial charge in [-0.3, -0.25) is 4.79 Å². The van der Waals surface area contributed by atoms with Gasteiger partial charge in [-0.05, 0) is 32.0 Å². The van der Waals surface area contributed by atoms with E-state index in [2.05, 4.69) is 16.0 Å². The number of anilines is 2. The molecule has 20 heavy (non-hydrogen) atoms. The minimum Gasteiger partial charge on any atom is -0.338 e. The summed E-state index contributed by atoms with van der Waals surface area (Å²) in [6.07, 6.45) is 0. The number of urea groups is 1. The van der Waals surface area contributed by atoms with E-state index in [9.17, 15) is 9.59 Å². The fraction of sp³-hybridized carbons (Fsp3) is 0.429. The lowest BCUT2D eigenvalue weighted by molar-refractivity contribution is -0.119. The largest absolute Gasteiger partial charge is 0.338 e. The zero-order chi connectivity index (χ0) is 15.1. The van der Waals surface area contributed by atoms with Gasteiger partial charge in [0.25, 0.3) is 0 Å². The van der Waals surface area contributed by atoms with Crippen LogP contribution in [0.3, 0.4) is 0 Å². The number of carbonyl (C=O) groups excluding carboxylic acids is 2. The molecule has 0 radical (unpaired) electrons. The Morgan fingerprint density at radius 1 is 1.20 bits per heavy atom. The van der Waals surface area contributed by atoms with Crippen molar-refractivity contribution >= 4 is 23.3 Å². The molecule has 3 amide bonds. The monoisotopic (exact) mass is 278 g/mol. The van der Waals surface area contributed by atoms with Crippen LogP contribution in [0.1, 0.15) is 20.8 Å². The van der Waals surface area contributed by atoms with Crippen LogP contribution < -0.4 is 21.7 Å². The molecule has 1 aromatic rings. The van der Waals surface area contributed by atoms with Crippen molar-refractivity contribution in [1.82, 2.24) is 5.32 Å². The minimum atomic E-state index is -0.282. The van der Waals surface area contributed by atoms with Crippen molar-refractivity contribution in [2.45, 2.75) is 26.8 Å². The van der Waals surface area contributed by atoms with Gasteiger partial charge in [0.1, 0.15) is 0 Å². The number of benzene rings is 1. The number of nitrogens with one attached hydrogen (secondary N) is 3. The second kappa shape index (κ2) is 7.49. The van der Waals surface area contributed by atoms with Crippen LogP contribution in [-0.2, 0) is 4.79 Å². The quantitative estimate of drug-likeness (QED) is 0.660. The minimum absolute atomic E-state index is 0.143. The van der Waals surface area contributed by atoms with Crippen LogP contribution in [0.15, 0.2) is 24.3 Å². The molecule has 0 saturated carbocycles. The Hall–Kier alpha value is -2.08. The van der Waals surface area contributed by atoms with Crippen molar-refractivity contribution in [3.05, 3.63) is 24.3 Å². The molecule has 0 fully saturated rings. The first-order valence-corrected chi connectivity index (χ1v) is 6.65. The summed E-state index contributed by atoms with van der Waals surface area (Å²) in [6, 6.07) is 6.47. The summed E-state index contributed by atoms with van der Waals surface area (Å²) in [7, 11) is 0. The Morgan fingerprint density at radius 2 is 1.80 bits per heavy atom. The van der Waals surface area contributed by atoms with E-state index in [0.717, 1.165) is 0 Å². The SMILES string of the molecule is CCNC(=O)Nc1cccc(NC(=O)C(C)C(C)N)c1. The smallest absolute Gasteiger partial charge is 0.319 e. The van der Waals surface area contributed by atoms with Crippen molar-refractivity contribution in [2.75, 3.05) is 17.2 Å². The number of rotatable bonds is 5. The maximum absolute atomic E-state index is 11.9. The Balaban J connectivity index is 2.68. The highest BCUT2D eigenvalue weighted by Gasteiger charge is 2.17. The zero-order valence-electron chi connectivity index (χ0n) is 12.1. The fourth-order valence-corrected chi connectivity index (χ4v) is 1.51. The van der Waals surface area contributed by atoms with Crippen molar-refractivity contribution in [3.63, 3.8) is 0 Å². The van der Waals surface area contributed by atoms with E-state index in [1.54, 1.807) is 38.1 Å². The second-order valence-corrected chi connectivity index (χ2v) is 4.70. The van der Waals surface area contributed by atoms with Crippen molar-refractivity contribution in [3.8, 4) is 0 Å². The highest BCUT2D eigenvalue weighted by Crippen LogP contribution is 2.16. The van der Waals surface area contributed by atoms with E-state index in [1.807, 2.05) is 6.92 Å². The van der Waals surface area contributed by atoms with Crippen LogP contribution in [0.4, 0.5) is 16.2 Å². The molecular formula is C14H22N4O2. The lowest BCUT2D eigenvalue weighted by atomic mass is 10.0. The third-order valence-electron chi connectivity index (χ3n) is 2.93. The van der Waals surface area contributed by atoms with Gasteiger partial charge in [-0.25, -0.2) is 4.79 Å². The summed E-state index contributed by atoms with van der Waals surface area (Å²) in [4.78, 5) is 23.3. The molecule has 6 nitrogen and oxygen atoms in total. The molecule has 0 saturated heterocycles. The molecule has 110 valence electrons. The van der Waals surface area contributed by atoms with Gasteiger partial charge in [-0.2, -0.15) is 0 Å². The van der Waals surface area contributed by atoms with Gasteiger partial charge in [-0.15, -0.1) is 0 Å². The summed E-state index contributed by atoms with van der Waals surface area (Å²) in [5.41, 5.74) is 6.93. The number of carbonyl (C=O) groups is 2. The van der Waals surface area contributed by atoms with E-state index >= 15 is 0 Å². The third-order valence-corrected chi connectivity index (χ3v) is 2.93. The van der Waals surface area contributed by atoms with E-state index < -0.39 is 0 Å². The average Bonchev–Trinajstić information content (AvgIpc) is 2.38. The standard InChI is InChI=1S/C14H22N4O2/c1-4-16-14(20)18-12-7-5-6-11(8-12)17-13(19)9(2)10(3)15/h5-10H,4,15H2,1-3H3,(H,17,19)(H2,16,18,20). The fourth-order valence-electron chi connectivity index (χ4n) is 1.51. The van der Waals surface area contributed by atoms with Gasteiger partial charge >= 0.3 is 6.03 Å². The van der Waals surface area contributed by atoms with Gasteiger partial charge in [-0.1, -0.05) is 13.0 Å². The number of hydrogen-bond donors (Lipinski definition) is 4. The third kappa shape index (κ3) is 4.89. The number of hydrogen-bond acceptors (Lipinski definition) is 3. The molecule has 0 heterocycles. The maximum atomic E-state index is 11.9. The Bertz CT molecular complexity index is 474. The molecule has 1 rings (SSSR count). The number of nitrogens with two attached hydrogens (primary N) is 1. The molecule has 2 unspecified atom stereocenters. The first kappa shape index (κ1) is 16.0. The van der Waals surface area contributed by atoms with E-state index in [4.69, 9.17) is 5.73 Å². The molecule has 0 aliphatic heterocycles. The maximum Gasteiger partial charge on any atom is 0.319 e. The first-order chi connectivity index (χ1) is 9.43.